The molecule has 1 aliphatic carbocycles. The number of thiazole rings is 1. The van der Waals surface area contributed by atoms with E-state index < -0.39 is 0 Å². The number of nitrogens with zero attached hydrogens (tertiary/aromatic N) is 4. The van der Waals surface area contributed by atoms with Crippen molar-refractivity contribution < 1.29 is 13.9 Å². The van der Waals surface area contributed by atoms with Gasteiger partial charge in [0.1, 0.15) is 5.75 Å². The van der Waals surface area contributed by atoms with Gasteiger partial charge in [-0.3, -0.25) is 9.36 Å². The highest BCUT2D eigenvalue weighted by Crippen LogP contribution is 2.36. The van der Waals surface area contributed by atoms with Gasteiger partial charge in [-0.25, -0.2) is 4.98 Å². The third-order valence-electron chi connectivity index (χ3n) is 5.52. The molecule has 0 saturated heterocycles. The summed E-state index contributed by atoms with van der Waals surface area (Å²) in [6, 6.07) is 9.73. The topological polar surface area (TPSA) is 95.1 Å². The minimum absolute atomic E-state index is 0.126. The number of furan rings is 1. The Morgan fingerprint density at radius 1 is 1.28 bits per heavy atom. The third kappa shape index (κ3) is 4.37. The average Bonchev–Trinajstić information content (AvgIpc) is 3.56. The zero-order chi connectivity index (χ0) is 21.9. The van der Waals surface area contributed by atoms with Gasteiger partial charge in [0, 0.05) is 6.04 Å². The maximum atomic E-state index is 12.6. The molecule has 1 aromatic carbocycles. The Labute approximate surface area is 193 Å². The Morgan fingerprint density at radius 2 is 2.16 bits per heavy atom. The lowest BCUT2D eigenvalue weighted by molar-refractivity contribution is -0.113. The van der Waals surface area contributed by atoms with Gasteiger partial charge in [-0.1, -0.05) is 42.4 Å². The molecule has 0 radical (unpaired) electrons. The number of ether oxygens (including phenoxy) is 1. The van der Waals surface area contributed by atoms with E-state index in [-0.39, 0.29) is 11.7 Å². The number of rotatable bonds is 7. The monoisotopic (exact) mass is 469 g/mol. The molecule has 4 aromatic rings. The second kappa shape index (κ2) is 9.33. The van der Waals surface area contributed by atoms with Crippen LogP contribution in [0, 0.1) is 0 Å². The van der Waals surface area contributed by atoms with Gasteiger partial charge in [-0.2, -0.15) is 0 Å². The molecule has 8 nitrogen and oxygen atoms in total. The lowest BCUT2D eigenvalue weighted by atomic mass is 9.95. The summed E-state index contributed by atoms with van der Waals surface area (Å²) in [6.07, 6.45) is 7.44. The van der Waals surface area contributed by atoms with E-state index in [0.29, 0.717) is 16.9 Å². The summed E-state index contributed by atoms with van der Waals surface area (Å²) in [7, 11) is 1.63. The van der Waals surface area contributed by atoms with Crippen LogP contribution in [0.1, 0.15) is 38.1 Å². The number of anilines is 1. The number of amides is 1. The normalized spacial score (nSPS) is 14.7. The van der Waals surface area contributed by atoms with Gasteiger partial charge in [0.15, 0.2) is 16.0 Å². The second-order valence-electron chi connectivity index (χ2n) is 7.63. The number of benzene rings is 1. The zero-order valence-electron chi connectivity index (χ0n) is 17.6. The van der Waals surface area contributed by atoms with Gasteiger partial charge >= 0.3 is 0 Å². The van der Waals surface area contributed by atoms with Crippen molar-refractivity contribution in [2.45, 2.75) is 43.3 Å². The van der Waals surface area contributed by atoms with Crippen LogP contribution in [0.5, 0.6) is 5.75 Å². The number of hydrogen-bond donors (Lipinski definition) is 1. The maximum Gasteiger partial charge on any atom is 0.236 e. The van der Waals surface area contributed by atoms with Crippen LogP contribution < -0.4 is 10.1 Å². The number of carbonyl (C=O) groups excluding carboxylic acids is 1. The number of nitrogens with one attached hydrogen (secondary N) is 1. The molecule has 3 heterocycles. The molecule has 1 aliphatic rings. The van der Waals surface area contributed by atoms with Gasteiger partial charge in [-0.15, -0.1) is 10.2 Å². The van der Waals surface area contributed by atoms with E-state index in [1.54, 1.807) is 13.4 Å². The standard InChI is InChI=1S/C22H23N5O3S2/c1-29-15-9-10-16-18(12-15)32-21(23-16)24-19(28)13-31-22-26-25-20(17-8-5-11-30-17)27(22)14-6-3-2-4-7-14/h5,8-12,14H,2-4,6-7,13H2,1H3,(H,23,24,28). The molecule has 0 unspecified atom stereocenters. The van der Waals surface area contributed by atoms with Crippen molar-refractivity contribution in [3.63, 3.8) is 0 Å². The molecule has 32 heavy (non-hydrogen) atoms. The molecule has 3 aromatic heterocycles. The Bertz CT molecular complexity index is 1210. The molecule has 0 atom stereocenters. The van der Waals surface area contributed by atoms with Crippen LogP contribution in [0.25, 0.3) is 21.8 Å². The van der Waals surface area contributed by atoms with Crippen molar-refractivity contribution in [2.24, 2.45) is 0 Å². The van der Waals surface area contributed by atoms with Gasteiger partial charge < -0.3 is 14.5 Å². The molecule has 1 saturated carbocycles. The molecule has 0 aliphatic heterocycles. The van der Waals surface area contributed by atoms with E-state index in [9.17, 15) is 4.79 Å². The van der Waals surface area contributed by atoms with E-state index in [4.69, 9.17) is 9.15 Å². The summed E-state index contributed by atoms with van der Waals surface area (Å²) in [5, 5.41) is 13.0. The molecule has 5 rings (SSSR count). The van der Waals surface area contributed by atoms with Crippen LogP contribution in [0.2, 0.25) is 0 Å². The molecule has 1 N–H and O–H groups in total. The lowest BCUT2D eigenvalue weighted by Crippen LogP contribution is -2.17. The predicted molar refractivity (Wildman–Crippen MR) is 125 cm³/mol. The minimum atomic E-state index is -0.126. The summed E-state index contributed by atoms with van der Waals surface area (Å²) >= 11 is 2.82. The molecule has 0 bridgehead atoms. The molecular weight excluding hydrogens is 446 g/mol. The van der Waals surface area contributed by atoms with E-state index in [0.717, 1.165) is 39.8 Å². The molecular formula is C22H23N5O3S2. The van der Waals surface area contributed by atoms with Crippen LogP contribution >= 0.6 is 23.1 Å². The van der Waals surface area contributed by atoms with Gasteiger partial charge in [-0.05, 0) is 43.2 Å². The van der Waals surface area contributed by atoms with Gasteiger partial charge in [0.25, 0.3) is 0 Å². The Kier molecular flexibility index (Phi) is 6.13. The van der Waals surface area contributed by atoms with Crippen LogP contribution in [0.15, 0.2) is 46.2 Å². The van der Waals surface area contributed by atoms with Crippen molar-refractivity contribution in [1.29, 1.82) is 0 Å². The second-order valence-corrected chi connectivity index (χ2v) is 9.61. The highest BCUT2D eigenvalue weighted by atomic mass is 32.2. The Balaban J connectivity index is 1.30. The first-order valence-electron chi connectivity index (χ1n) is 10.6. The quantitative estimate of drug-likeness (QED) is 0.362. The van der Waals surface area contributed by atoms with Crippen molar-refractivity contribution in [1.82, 2.24) is 19.7 Å². The molecule has 1 fully saturated rings. The largest absolute Gasteiger partial charge is 0.497 e. The number of methoxy groups -OCH3 is 1. The fraction of sp³-hybridized carbons (Fsp3) is 0.364. The average molecular weight is 470 g/mol. The Morgan fingerprint density at radius 3 is 2.94 bits per heavy atom. The van der Waals surface area contributed by atoms with Crippen molar-refractivity contribution >= 4 is 44.4 Å². The number of fused-ring (bicyclic) bond motifs is 1. The summed E-state index contributed by atoms with van der Waals surface area (Å²) in [4.78, 5) is 17.1. The first-order chi connectivity index (χ1) is 15.7. The van der Waals surface area contributed by atoms with E-state index in [2.05, 4.69) is 25.1 Å². The first-order valence-corrected chi connectivity index (χ1v) is 12.4. The maximum absolute atomic E-state index is 12.6. The van der Waals surface area contributed by atoms with Gasteiger partial charge in [0.05, 0.1) is 29.3 Å². The van der Waals surface area contributed by atoms with Crippen LogP contribution in [-0.4, -0.2) is 38.5 Å². The lowest BCUT2D eigenvalue weighted by Gasteiger charge is -2.25. The highest BCUT2D eigenvalue weighted by molar-refractivity contribution is 7.99. The fourth-order valence-electron chi connectivity index (χ4n) is 3.99. The van der Waals surface area contributed by atoms with Crippen LogP contribution in [0.3, 0.4) is 0 Å². The van der Waals surface area contributed by atoms with Crippen molar-refractivity contribution in [2.75, 3.05) is 18.2 Å². The minimum Gasteiger partial charge on any atom is -0.497 e. The summed E-state index contributed by atoms with van der Waals surface area (Å²) in [6.45, 7) is 0. The van der Waals surface area contributed by atoms with Gasteiger partial charge in [0.2, 0.25) is 11.7 Å². The predicted octanol–water partition coefficient (Wildman–Crippen LogP) is 5.39. The first kappa shape index (κ1) is 21.0. The highest BCUT2D eigenvalue weighted by Gasteiger charge is 2.25. The molecule has 0 spiro atoms. The van der Waals surface area contributed by atoms with Crippen LogP contribution in [-0.2, 0) is 4.79 Å². The van der Waals surface area contributed by atoms with E-state index >= 15 is 0 Å². The number of aromatic nitrogens is 4. The number of carbonyl (C=O) groups is 1. The van der Waals surface area contributed by atoms with Crippen LogP contribution in [0.4, 0.5) is 5.13 Å². The SMILES string of the molecule is COc1ccc2nc(NC(=O)CSc3nnc(-c4ccco4)n3C3CCCCC3)sc2c1. The molecule has 1 amide bonds. The van der Waals surface area contributed by atoms with Crippen molar-refractivity contribution in [3.05, 3.63) is 36.6 Å². The molecule has 166 valence electrons. The van der Waals surface area contributed by atoms with E-state index in [1.807, 2.05) is 30.3 Å². The third-order valence-corrected chi connectivity index (χ3v) is 7.40. The Hall–Kier alpha value is -2.85. The number of hydrogen-bond acceptors (Lipinski definition) is 8. The summed E-state index contributed by atoms with van der Waals surface area (Å²) in [5.74, 6) is 2.29. The fourth-order valence-corrected chi connectivity index (χ4v) is 5.70. The summed E-state index contributed by atoms with van der Waals surface area (Å²) in [5.41, 5.74) is 0.832. The molecule has 10 heteroatoms. The van der Waals surface area contributed by atoms with E-state index in [1.165, 1.54) is 42.4 Å². The summed E-state index contributed by atoms with van der Waals surface area (Å²) < 4.78 is 14.0. The van der Waals surface area contributed by atoms with Crippen molar-refractivity contribution in [3.8, 4) is 17.3 Å². The smallest absolute Gasteiger partial charge is 0.236 e. The number of thioether (sulfide) groups is 1. The zero-order valence-corrected chi connectivity index (χ0v) is 19.2.